The summed E-state index contributed by atoms with van der Waals surface area (Å²) in [6, 6.07) is 8.25. The maximum Gasteiger partial charge on any atom is 0.191 e. The van der Waals surface area contributed by atoms with Gasteiger partial charge < -0.3 is 15.4 Å². The first-order chi connectivity index (χ1) is 12.1. The quantitative estimate of drug-likeness (QED) is 0.255. The molecular formula is C19H29IN4OS. The van der Waals surface area contributed by atoms with Gasteiger partial charge in [0.1, 0.15) is 10.8 Å². The molecule has 0 fully saturated rings. The summed E-state index contributed by atoms with van der Waals surface area (Å²) in [6.07, 6.45) is 2.08. The van der Waals surface area contributed by atoms with Crippen LogP contribution in [0.15, 0.2) is 29.3 Å². The molecule has 7 heteroatoms. The third kappa shape index (κ3) is 7.49. The summed E-state index contributed by atoms with van der Waals surface area (Å²) in [5.41, 5.74) is 2.42. The Balaban J connectivity index is 0.00000338. The lowest BCUT2D eigenvalue weighted by Crippen LogP contribution is -2.37. The molecule has 0 unspecified atom stereocenters. The average Bonchev–Trinajstić information content (AvgIpc) is 2.95. The number of nitrogens with one attached hydrogen (secondary N) is 2. The fourth-order valence-electron chi connectivity index (χ4n) is 2.39. The molecular weight excluding hydrogens is 459 g/mol. The van der Waals surface area contributed by atoms with Gasteiger partial charge in [-0.05, 0) is 51.3 Å². The first-order valence-corrected chi connectivity index (χ1v) is 9.52. The number of aromatic nitrogens is 1. The molecule has 0 aliphatic carbocycles. The van der Waals surface area contributed by atoms with Crippen LogP contribution in [-0.4, -0.2) is 31.1 Å². The Labute approximate surface area is 177 Å². The van der Waals surface area contributed by atoms with Gasteiger partial charge in [-0.1, -0.05) is 12.1 Å². The lowest BCUT2D eigenvalue weighted by Gasteiger charge is -2.11. The van der Waals surface area contributed by atoms with Crippen molar-refractivity contribution < 1.29 is 4.74 Å². The van der Waals surface area contributed by atoms with Crippen molar-refractivity contribution in [3.8, 4) is 5.75 Å². The fraction of sp³-hybridized carbons (Fsp3) is 0.474. The van der Waals surface area contributed by atoms with Gasteiger partial charge in [0.05, 0.1) is 19.3 Å². The van der Waals surface area contributed by atoms with E-state index >= 15 is 0 Å². The molecule has 0 spiro atoms. The highest BCUT2D eigenvalue weighted by atomic mass is 127. The molecule has 2 aromatic rings. The van der Waals surface area contributed by atoms with Crippen molar-refractivity contribution in [1.82, 2.24) is 15.6 Å². The number of aryl methyl sites for hydroxylation is 3. The van der Waals surface area contributed by atoms with Crippen molar-refractivity contribution in [3.05, 3.63) is 45.4 Å². The van der Waals surface area contributed by atoms with Gasteiger partial charge in [-0.25, -0.2) is 9.98 Å². The van der Waals surface area contributed by atoms with Crippen LogP contribution in [0.2, 0.25) is 0 Å². The molecule has 0 bridgehead atoms. The zero-order chi connectivity index (χ0) is 18.1. The summed E-state index contributed by atoms with van der Waals surface area (Å²) in [5, 5.41) is 7.74. The topological polar surface area (TPSA) is 58.5 Å². The van der Waals surface area contributed by atoms with E-state index in [2.05, 4.69) is 46.6 Å². The zero-order valence-electron chi connectivity index (χ0n) is 16.0. The predicted molar refractivity (Wildman–Crippen MR) is 121 cm³/mol. The maximum atomic E-state index is 5.18. The van der Waals surface area contributed by atoms with Crippen molar-refractivity contribution in [2.24, 2.45) is 4.99 Å². The standard InChI is InChI=1S/C19H28N4OS.HI/c1-5-20-19(22-13-18-23-14(2)15(3)25-18)21-12-6-7-16-8-10-17(24-4)11-9-16;/h8-11H,5-7,12-13H2,1-4H3,(H2,20,21,22);1H. The molecule has 26 heavy (non-hydrogen) atoms. The van der Waals surface area contributed by atoms with Crippen LogP contribution < -0.4 is 15.4 Å². The van der Waals surface area contributed by atoms with Crippen LogP contribution in [0.1, 0.15) is 34.5 Å². The van der Waals surface area contributed by atoms with Crippen LogP contribution in [-0.2, 0) is 13.0 Å². The molecule has 0 amide bonds. The Kier molecular flexibility index (Phi) is 10.6. The molecule has 144 valence electrons. The number of rotatable bonds is 8. The molecule has 0 saturated heterocycles. The van der Waals surface area contributed by atoms with Gasteiger partial charge in [0.25, 0.3) is 0 Å². The van der Waals surface area contributed by atoms with Crippen LogP contribution in [0.5, 0.6) is 5.75 Å². The molecule has 0 aliphatic rings. The Hall–Kier alpha value is -1.35. The van der Waals surface area contributed by atoms with E-state index in [-0.39, 0.29) is 24.0 Å². The molecule has 0 atom stereocenters. The monoisotopic (exact) mass is 488 g/mol. The molecule has 5 nitrogen and oxygen atoms in total. The van der Waals surface area contributed by atoms with Gasteiger partial charge in [-0.15, -0.1) is 35.3 Å². The second-order valence-electron chi connectivity index (χ2n) is 5.82. The Bertz CT molecular complexity index is 666. The normalized spacial score (nSPS) is 11.0. The van der Waals surface area contributed by atoms with E-state index in [4.69, 9.17) is 4.74 Å². The number of halogens is 1. The molecule has 2 rings (SSSR count). The minimum atomic E-state index is 0. The molecule has 1 aromatic carbocycles. The summed E-state index contributed by atoms with van der Waals surface area (Å²) in [7, 11) is 1.69. The number of hydrogen-bond donors (Lipinski definition) is 2. The SMILES string of the molecule is CCNC(=NCc1nc(C)c(C)s1)NCCCc1ccc(OC)cc1.I. The molecule has 1 aromatic heterocycles. The van der Waals surface area contributed by atoms with Crippen molar-refractivity contribution in [1.29, 1.82) is 0 Å². The van der Waals surface area contributed by atoms with Crippen molar-refractivity contribution in [3.63, 3.8) is 0 Å². The van der Waals surface area contributed by atoms with Crippen LogP contribution in [0.4, 0.5) is 0 Å². The molecule has 0 saturated carbocycles. The highest BCUT2D eigenvalue weighted by molar-refractivity contribution is 14.0. The van der Waals surface area contributed by atoms with Crippen LogP contribution in [0.25, 0.3) is 0 Å². The van der Waals surface area contributed by atoms with Gasteiger partial charge >= 0.3 is 0 Å². The highest BCUT2D eigenvalue weighted by Crippen LogP contribution is 2.17. The largest absolute Gasteiger partial charge is 0.497 e. The third-order valence-corrected chi connectivity index (χ3v) is 4.94. The second-order valence-corrected chi connectivity index (χ2v) is 7.11. The first-order valence-electron chi connectivity index (χ1n) is 8.70. The Morgan fingerprint density at radius 1 is 1.19 bits per heavy atom. The fourth-order valence-corrected chi connectivity index (χ4v) is 3.25. The maximum absolute atomic E-state index is 5.18. The van der Waals surface area contributed by atoms with E-state index < -0.39 is 0 Å². The van der Waals surface area contributed by atoms with E-state index in [1.807, 2.05) is 19.1 Å². The van der Waals surface area contributed by atoms with E-state index in [1.54, 1.807) is 18.4 Å². The summed E-state index contributed by atoms with van der Waals surface area (Å²) >= 11 is 1.72. The summed E-state index contributed by atoms with van der Waals surface area (Å²) in [4.78, 5) is 10.4. The van der Waals surface area contributed by atoms with E-state index in [0.29, 0.717) is 6.54 Å². The van der Waals surface area contributed by atoms with E-state index in [1.165, 1.54) is 10.4 Å². The zero-order valence-corrected chi connectivity index (χ0v) is 19.1. The smallest absolute Gasteiger partial charge is 0.191 e. The second kappa shape index (κ2) is 12.1. The van der Waals surface area contributed by atoms with E-state index in [9.17, 15) is 0 Å². The average molecular weight is 488 g/mol. The lowest BCUT2D eigenvalue weighted by atomic mass is 10.1. The number of hydrogen-bond acceptors (Lipinski definition) is 4. The first kappa shape index (κ1) is 22.7. The van der Waals surface area contributed by atoms with Crippen LogP contribution in [0.3, 0.4) is 0 Å². The molecule has 0 aliphatic heterocycles. The van der Waals surface area contributed by atoms with Crippen molar-refractivity contribution >= 4 is 41.3 Å². The minimum absolute atomic E-state index is 0. The van der Waals surface area contributed by atoms with Crippen molar-refractivity contribution in [2.75, 3.05) is 20.2 Å². The van der Waals surface area contributed by atoms with Crippen molar-refractivity contribution in [2.45, 2.75) is 40.2 Å². The number of benzene rings is 1. The van der Waals surface area contributed by atoms with Gasteiger partial charge in [0.2, 0.25) is 0 Å². The molecule has 2 N–H and O–H groups in total. The molecule has 1 heterocycles. The highest BCUT2D eigenvalue weighted by Gasteiger charge is 2.04. The summed E-state index contributed by atoms with van der Waals surface area (Å²) < 4.78 is 5.18. The van der Waals surface area contributed by atoms with Gasteiger partial charge in [-0.2, -0.15) is 0 Å². The van der Waals surface area contributed by atoms with Gasteiger partial charge in [0.15, 0.2) is 5.96 Å². The Morgan fingerprint density at radius 2 is 1.92 bits per heavy atom. The summed E-state index contributed by atoms with van der Waals surface area (Å²) in [5.74, 6) is 1.75. The lowest BCUT2D eigenvalue weighted by molar-refractivity contribution is 0.414. The number of nitrogens with zero attached hydrogens (tertiary/aromatic N) is 2. The summed E-state index contributed by atoms with van der Waals surface area (Å²) in [6.45, 7) is 8.57. The van der Waals surface area contributed by atoms with Crippen LogP contribution >= 0.6 is 35.3 Å². The van der Waals surface area contributed by atoms with Crippen LogP contribution in [0, 0.1) is 13.8 Å². The number of aliphatic imine (C=N–C) groups is 1. The number of ether oxygens (including phenoxy) is 1. The van der Waals surface area contributed by atoms with E-state index in [0.717, 1.165) is 48.3 Å². The number of thiazole rings is 1. The van der Waals surface area contributed by atoms with Gasteiger partial charge in [-0.3, -0.25) is 0 Å². The predicted octanol–water partition coefficient (Wildman–Crippen LogP) is 4.07. The Morgan fingerprint density at radius 3 is 2.50 bits per heavy atom. The minimum Gasteiger partial charge on any atom is -0.497 e. The molecule has 0 radical (unpaired) electrons. The van der Waals surface area contributed by atoms with Gasteiger partial charge in [0, 0.05) is 18.0 Å². The third-order valence-electron chi connectivity index (χ3n) is 3.88. The number of guanidine groups is 1. The number of methoxy groups -OCH3 is 1.